The van der Waals surface area contributed by atoms with E-state index in [1.807, 2.05) is 13.8 Å². The fourth-order valence-electron chi connectivity index (χ4n) is 5.18. The van der Waals surface area contributed by atoms with Gasteiger partial charge >= 0.3 is 24.2 Å². The minimum Gasteiger partial charge on any atom is -0.480 e. The molecule has 1 atom stereocenters. The van der Waals surface area contributed by atoms with Gasteiger partial charge in [0.05, 0.1) is 5.69 Å². The summed E-state index contributed by atoms with van der Waals surface area (Å²) in [7, 11) is 0. The number of hydrogen-bond acceptors (Lipinski definition) is 10. The lowest BCUT2D eigenvalue weighted by Gasteiger charge is -2.31. The Bertz CT molecular complexity index is 1700. The summed E-state index contributed by atoms with van der Waals surface area (Å²) >= 11 is 0. The van der Waals surface area contributed by atoms with Gasteiger partial charge in [-0.3, -0.25) is 19.1 Å². The van der Waals surface area contributed by atoms with E-state index in [2.05, 4.69) is 15.4 Å². The summed E-state index contributed by atoms with van der Waals surface area (Å²) in [5.74, 6) is -2.30. The van der Waals surface area contributed by atoms with E-state index in [0.29, 0.717) is 24.3 Å². The van der Waals surface area contributed by atoms with E-state index in [1.165, 1.54) is 28.9 Å². The molecule has 1 aliphatic heterocycles. The number of carbonyl (C=O) groups excluding carboxylic acids is 5. The van der Waals surface area contributed by atoms with Gasteiger partial charge in [-0.15, -0.1) is 0 Å². The van der Waals surface area contributed by atoms with Crippen LogP contribution < -0.4 is 5.32 Å². The first-order valence-electron chi connectivity index (χ1n) is 17.4. The van der Waals surface area contributed by atoms with Crippen molar-refractivity contribution in [3.05, 3.63) is 52.8 Å². The van der Waals surface area contributed by atoms with Crippen LogP contribution in [-0.4, -0.2) is 96.0 Å². The van der Waals surface area contributed by atoms with Gasteiger partial charge in [0.1, 0.15) is 29.4 Å². The number of carbonyl (C=O) groups is 6. The first-order chi connectivity index (χ1) is 24.3. The van der Waals surface area contributed by atoms with Crippen molar-refractivity contribution in [3.8, 4) is 0 Å². The van der Waals surface area contributed by atoms with Gasteiger partial charge in [-0.1, -0.05) is 26.0 Å². The highest BCUT2D eigenvalue weighted by molar-refractivity contribution is 6.18. The molecule has 0 saturated heterocycles. The topological polar surface area (TPSA) is 199 Å². The Balaban J connectivity index is 1.94. The summed E-state index contributed by atoms with van der Waals surface area (Å²) in [4.78, 5) is 84.6. The molecule has 0 fully saturated rings. The average Bonchev–Trinajstić information content (AvgIpc) is 3.38. The number of fused-ring (bicyclic) bond motifs is 1. The highest BCUT2D eigenvalue weighted by atomic mass is 16.6. The molecular formula is C37H52N6O10. The van der Waals surface area contributed by atoms with E-state index in [0.717, 1.165) is 11.3 Å². The number of hydrogen-bond donors (Lipinski definition) is 2. The van der Waals surface area contributed by atoms with Crippen molar-refractivity contribution in [3.63, 3.8) is 0 Å². The predicted molar refractivity (Wildman–Crippen MR) is 193 cm³/mol. The molecule has 290 valence electrons. The molecule has 1 aliphatic rings. The van der Waals surface area contributed by atoms with Crippen LogP contribution in [0.15, 0.2) is 35.5 Å². The summed E-state index contributed by atoms with van der Waals surface area (Å²) in [6, 6.07) is 4.70. The molecule has 16 nitrogen and oxygen atoms in total. The SMILES string of the molecule is CC(C)C[C@H](NC(=O)c1ccc(/C(=N\C(=O)OC(C)(C)C)N(C(=O)OC(C)(C)C)C(=O)OC(C)(C)C)cc1)C(=O)N1CCc2nn(CC(=O)O)cc2C1. The van der Waals surface area contributed by atoms with E-state index in [9.17, 15) is 28.8 Å². The van der Waals surface area contributed by atoms with Gasteiger partial charge in [0.15, 0.2) is 5.84 Å². The maximum atomic E-state index is 13.8. The second kappa shape index (κ2) is 16.6. The third kappa shape index (κ3) is 13.0. The quantitative estimate of drug-likeness (QED) is 0.195. The molecule has 53 heavy (non-hydrogen) atoms. The number of aliphatic carboxylic acids is 1. The second-order valence-electron chi connectivity index (χ2n) is 16.1. The predicted octanol–water partition coefficient (Wildman–Crippen LogP) is 5.55. The van der Waals surface area contributed by atoms with Crippen LogP contribution in [-0.2, 0) is 43.3 Å². The maximum absolute atomic E-state index is 13.8. The molecule has 16 heteroatoms. The van der Waals surface area contributed by atoms with Crippen molar-refractivity contribution in [2.45, 2.75) is 125 Å². The largest absolute Gasteiger partial charge is 0.480 e. The van der Waals surface area contributed by atoms with Crippen LogP contribution in [0.2, 0.25) is 0 Å². The van der Waals surface area contributed by atoms with Crippen molar-refractivity contribution in [2.75, 3.05) is 6.54 Å². The number of nitrogens with zero attached hydrogens (tertiary/aromatic N) is 5. The van der Waals surface area contributed by atoms with Gasteiger partial charge in [-0.25, -0.2) is 14.4 Å². The molecule has 0 saturated carbocycles. The molecule has 0 bridgehead atoms. The number of imide groups is 1. The minimum absolute atomic E-state index is 0.0450. The van der Waals surface area contributed by atoms with Crippen LogP contribution in [0.4, 0.5) is 14.4 Å². The Morgan fingerprint density at radius 3 is 1.89 bits per heavy atom. The van der Waals surface area contributed by atoms with Crippen molar-refractivity contribution in [1.29, 1.82) is 0 Å². The molecule has 3 rings (SSSR count). The van der Waals surface area contributed by atoms with Crippen LogP contribution in [0.1, 0.15) is 110 Å². The first-order valence-corrected chi connectivity index (χ1v) is 17.4. The van der Waals surface area contributed by atoms with E-state index in [-0.39, 0.29) is 36.0 Å². The Labute approximate surface area is 309 Å². The van der Waals surface area contributed by atoms with Crippen LogP contribution in [0.3, 0.4) is 0 Å². The van der Waals surface area contributed by atoms with Crippen LogP contribution in [0, 0.1) is 5.92 Å². The van der Waals surface area contributed by atoms with Crippen LogP contribution >= 0.6 is 0 Å². The Hall–Kier alpha value is -5.28. The number of aliphatic imine (C=N–C) groups is 1. The molecule has 0 radical (unpaired) electrons. The molecule has 2 heterocycles. The lowest BCUT2D eigenvalue weighted by Crippen LogP contribution is -2.50. The van der Waals surface area contributed by atoms with E-state index >= 15 is 0 Å². The lowest BCUT2D eigenvalue weighted by molar-refractivity contribution is -0.138. The number of ether oxygens (including phenoxy) is 3. The summed E-state index contributed by atoms with van der Waals surface area (Å²) in [6.45, 7) is 18.6. The number of amides is 5. The van der Waals surface area contributed by atoms with Gasteiger partial charge in [0, 0.05) is 42.4 Å². The minimum atomic E-state index is -1.16. The van der Waals surface area contributed by atoms with E-state index in [1.54, 1.807) is 73.4 Å². The van der Waals surface area contributed by atoms with E-state index < -0.39 is 58.8 Å². The second-order valence-corrected chi connectivity index (χ2v) is 16.1. The van der Waals surface area contributed by atoms with Gasteiger partial charge in [-0.05, 0) is 86.8 Å². The molecule has 0 spiro atoms. The number of aromatic nitrogens is 2. The molecule has 1 aromatic carbocycles. The van der Waals surface area contributed by atoms with Crippen molar-refractivity contribution < 1.29 is 48.1 Å². The first kappa shape index (κ1) is 42.1. The zero-order chi connectivity index (χ0) is 40.1. The molecule has 0 aliphatic carbocycles. The molecule has 1 aromatic heterocycles. The summed E-state index contributed by atoms with van der Waals surface area (Å²) in [5, 5.41) is 16.3. The standard InChI is InChI=1S/C37H52N6O10/c1-22(2)18-27(31(47)41-17-16-26-25(19-41)20-42(40-26)21-28(44)45)38-30(46)24-14-12-23(13-15-24)29(39-32(48)51-35(3,4)5)43(33(49)52-36(6,7)8)34(50)53-37(9,10)11/h12-15,20,22,27H,16-19,21H2,1-11H3,(H,38,46)(H,44,45)/b39-29+/t27-/m0/s1. The number of benzene rings is 1. The smallest absolute Gasteiger partial charge is 0.436 e. The normalized spacial score (nSPS) is 14.2. The molecular weight excluding hydrogens is 688 g/mol. The number of amidine groups is 1. The highest BCUT2D eigenvalue weighted by Gasteiger charge is 2.37. The highest BCUT2D eigenvalue weighted by Crippen LogP contribution is 2.22. The van der Waals surface area contributed by atoms with Gasteiger partial charge < -0.3 is 29.5 Å². The third-order valence-electron chi connectivity index (χ3n) is 7.18. The monoisotopic (exact) mass is 740 g/mol. The summed E-state index contributed by atoms with van der Waals surface area (Å²) in [5.41, 5.74) is -1.36. The molecule has 5 amide bonds. The number of rotatable bonds is 8. The van der Waals surface area contributed by atoms with Crippen molar-refractivity contribution in [1.82, 2.24) is 24.9 Å². The Kier molecular flexibility index (Phi) is 13.2. The lowest BCUT2D eigenvalue weighted by atomic mass is 10.00. The fraction of sp³-hybridized carbons (Fsp3) is 0.568. The molecule has 2 N–H and O–H groups in total. The van der Waals surface area contributed by atoms with Crippen LogP contribution in [0.25, 0.3) is 0 Å². The fourth-order valence-corrected chi connectivity index (χ4v) is 5.18. The third-order valence-corrected chi connectivity index (χ3v) is 7.18. The molecule has 2 aromatic rings. The molecule has 0 unspecified atom stereocenters. The van der Waals surface area contributed by atoms with Gasteiger partial charge in [0.25, 0.3) is 5.91 Å². The zero-order valence-electron chi connectivity index (χ0n) is 32.4. The number of nitrogens with one attached hydrogen (secondary N) is 1. The van der Waals surface area contributed by atoms with E-state index in [4.69, 9.17) is 19.3 Å². The average molecular weight is 741 g/mol. The van der Waals surface area contributed by atoms with Gasteiger partial charge in [-0.2, -0.15) is 15.0 Å². The van der Waals surface area contributed by atoms with Crippen LogP contribution in [0.5, 0.6) is 0 Å². The summed E-state index contributed by atoms with van der Waals surface area (Å²) in [6.07, 6.45) is -1.02. The Morgan fingerprint density at radius 1 is 0.868 bits per heavy atom. The van der Waals surface area contributed by atoms with Gasteiger partial charge in [0.2, 0.25) is 5.91 Å². The maximum Gasteiger partial charge on any atom is 0.436 e. The Morgan fingerprint density at radius 2 is 1.40 bits per heavy atom. The van der Waals surface area contributed by atoms with Crippen molar-refractivity contribution in [2.24, 2.45) is 10.9 Å². The number of carboxylic acids is 1. The summed E-state index contributed by atoms with van der Waals surface area (Å²) < 4.78 is 17.7. The zero-order valence-corrected chi connectivity index (χ0v) is 32.4. The van der Waals surface area contributed by atoms with Crippen molar-refractivity contribution >= 4 is 41.9 Å². The number of carboxylic acid groups (broad SMARTS) is 1.